The largest absolute Gasteiger partial charge is 0.497 e. The number of hydrogen-bond donors (Lipinski definition) is 1. The van der Waals surface area contributed by atoms with Crippen LogP contribution in [0.2, 0.25) is 0 Å². The Morgan fingerprint density at radius 3 is 2.50 bits per heavy atom. The Balaban J connectivity index is 2.31. The van der Waals surface area contributed by atoms with Crippen LogP contribution in [-0.2, 0) is 0 Å². The lowest BCUT2D eigenvalue weighted by Gasteiger charge is -2.26. The van der Waals surface area contributed by atoms with E-state index in [-0.39, 0.29) is 17.4 Å². The molecule has 1 aromatic carbocycles. The molecule has 2 unspecified atom stereocenters. The van der Waals surface area contributed by atoms with Crippen LogP contribution >= 0.6 is 0 Å². The van der Waals surface area contributed by atoms with Crippen molar-refractivity contribution >= 4 is 5.69 Å². The van der Waals surface area contributed by atoms with E-state index < -0.39 is 23.5 Å². The number of rotatable bonds is 3. The lowest BCUT2D eigenvalue weighted by atomic mass is 9.92. The van der Waals surface area contributed by atoms with E-state index >= 15 is 0 Å². The van der Waals surface area contributed by atoms with Crippen molar-refractivity contribution in [3.8, 4) is 5.75 Å². The van der Waals surface area contributed by atoms with Crippen LogP contribution in [0.1, 0.15) is 13.8 Å². The molecule has 0 bridgehead atoms. The van der Waals surface area contributed by atoms with Gasteiger partial charge in [0.2, 0.25) is 0 Å². The third-order valence-corrected chi connectivity index (χ3v) is 3.26. The highest BCUT2D eigenvalue weighted by molar-refractivity contribution is 5.53. The van der Waals surface area contributed by atoms with Crippen LogP contribution in [-0.4, -0.2) is 13.2 Å². The molecule has 20 heavy (non-hydrogen) atoms. The predicted octanol–water partition coefficient (Wildman–Crippen LogP) is 4.20. The number of ether oxygens (including phenoxy) is 1. The molecule has 2 nitrogen and oxygen atoms in total. The topological polar surface area (TPSA) is 21.3 Å². The summed E-state index contributed by atoms with van der Waals surface area (Å²) in [4.78, 5) is 0. The zero-order chi connectivity index (χ0) is 14.9. The molecule has 5 heteroatoms. The first-order valence-electron chi connectivity index (χ1n) is 6.27. The molecule has 2 rings (SSSR count). The summed E-state index contributed by atoms with van der Waals surface area (Å²) in [5.74, 6) is -2.48. The average molecular weight is 283 g/mol. The van der Waals surface area contributed by atoms with Crippen molar-refractivity contribution in [3.05, 3.63) is 47.3 Å². The van der Waals surface area contributed by atoms with Gasteiger partial charge in [-0.1, -0.05) is 18.6 Å². The van der Waals surface area contributed by atoms with Gasteiger partial charge in [0.25, 0.3) is 0 Å². The second-order valence-corrected chi connectivity index (χ2v) is 4.89. The first-order chi connectivity index (χ1) is 9.42. The molecule has 0 amide bonds. The van der Waals surface area contributed by atoms with Crippen LogP contribution in [0.15, 0.2) is 35.7 Å². The van der Waals surface area contributed by atoms with E-state index in [2.05, 4.69) is 5.32 Å². The van der Waals surface area contributed by atoms with Crippen molar-refractivity contribution in [1.29, 1.82) is 0 Å². The predicted molar refractivity (Wildman–Crippen MR) is 72.4 cm³/mol. The minimum Gasteiger partial charge on any atom is -0.497 e. The Kier molecular flexibility index (Phi) is 4.06. The number of allylic oxidation sites excluding steroid dienone is 2. The van der Waals surface area contributed by atoms with Crippen LogP contribution in [0, 0.1) is 17.6 Å². The molecule has 1 aliphatic rings. The molecule has 1 N–H and O–H groups in total. The van der Waals surface area contributed by atoms with Gasteiger partial charge in [0.15, 0.2) is 11.6 Å². The molecule has 108 valence electrons. The van der Waals surface area contributed by atoms with Gasteiger partial charge in [-0.15, -0.1) is 0 Å². The minimum absolute atomic E-state index is 0.116. The molecular weight excluding hydrogens is 267 g/mol. The van der Waals surface area contributed by atoms with Crippen molar-refractivity contribution in [1.82, 2.24) is 0 Å². The number of halogens is 3. The van der Waals surface area contributed by atoms with Crippen LogP contribution in [0.5, 0.6) is 5.75 Å². The van der Waals surface area contributed by atoms with E-state index in [4.69, 9.17) is 4.74 Å². The van der Waals surface area contributed by atoms with Crippen molar-refractivity contribution in [2.45, 2.75) is 19.9 Å². The molecule has 0 spiro atoms. The molecule has 0 aliphatic heterocycles. The maximum atomic E-state index is 14.0. The standard InChI is InChI=1S/C15H16F3NO/c1-8-4-9(2)15(12(17)5-8)19-13-7-10(20-3)6-11(16)14(13)18/h4-7,9,15,19H,1-3H3. The lowest BCUT2D eigenvalue weighted by Crippen LogP contribution is -2.29. The Hall–Kier alpha value is -1.91. The van der Waals surface area contributed by atoms with Crippen molar-refractivity contribution in [2.24, 2.45) is 5.92 Å². The summed E-state index contributed by atoms with van der Waals surface area (Å²) >= 11 is 0. The highest BCUT2D eigenvalue weighted by Gasteiger charge is 2.25. The number of benzene rings is 1. The number of methoxy groups -OCH3 is 1. The zero-order valence-electron chi connectivity index (χ0n) is 11.5. The fourth-order valence-electron chi connectivity index (χ4n) is 2.27. The Morgan fingerprint density at radius 1 is 1.20 bits per heavy atom. The summed E-state index contributed by atoms with van der Waals surface area (Å²) in [5.41, 5.74) is 0.695. The molecule has 2 atom stereocenters. The number of nitrogens with one attached hydrogen (secondary N) is 1. The Labute approximate surface area is 115 Å². The van der Waals surface area contributed by atoms with Gasteiger partial charge >= 0.3 is 0 Å². The molecule has 1 aliphatic carbocycles. The summed E-state index contributed by atoms with van der Waals surface area (Å²) in [7, 11) is 1.35. The average Bonchev–Trinajstić information content (AvgIpc) is 2.38. The second kappa shape index (κ2) is 5.61. The van der Waals surface area contributed by atoms with E-state index in [0.717, 1.165) is 11.6 Å². The summed E-state index contributed by atoms with van der Waals surface area (Å²) in [5, 5.41) is 2.70. The molecule has 1 aromatic rings. The second-order valence-electron chi connectivity index (χ2n) is 4.89. The Morgan fingerprint density at radius 2 is 1.90 bits per heavy atom. The van der Waals surface area contributed by atoms with E-state index in [1.165, 1.54) is 19.3 Å². The monoisotopic (exact) mass is 283 g/mol. The van der Waals surface area contributed by atoms with Crippen molar-refractivity contribution in [2.75, 3.05) is 12.4 Å². The molecule has 0 saturated carbocycles. The normalized spacial score (nSPS) is 22.1. The van der Waals surface area contributed by atoms with Gasteiger partial charge < -0.3 is 10.1 Å². The van der Waals surface area contributed by atoms with Gasteiger partial charge in [0, 0.05) is 18.1 Å². The van der Waals surface area contributed by atoms with Crippen LogP contribution < -0.4 is 10.1 Å². The highest BCUT2D eigenvalue weighted by atomic mass is 19.2. The van der Waals surface area contributed by atoms with Crippen molar-refractivity contribution in [3.63, 3.8) is 0 Å². The molecule has 0 heterocycles. The van der Waals surface area contributed by atoms with Gasteiger partial charge in [-0.25, -0.2) is 13.2 Å². The smallest absolute Gasteiger partial charge is 0.182 e. The maximum Gasteiger partial charge on any atom is 0.182 e. The summed E-state index contributed by atoms with van der Waals surface area (Å²) < 4.78 is 46.0. The van der Waals surface area contributed by atoms with E-state index in [1.54, 1.807) is 6.92 Å². The van der Waals surface area contributed by atoms with Crippen molar-refractivity contribution < 1.29 is 17.9 Å². The third kappa shape index (κ3) is 2.81. The number of anilines is 1. The summed E-state index contributed by atoms with van der Waals surface area (Å²) in [6, 6.07) is 1.53. The first kappa shape index (κ1) is 14.5. The summed E-state index contributed by atoms with van der Waals surface area (Å²) in [6.45, 7) is 3.60. The van der Waals surface area contributed by atoms with Gasteiger partial charge in [0.05, 0.1) is 18.8 Å². The van der Waals surface area contributed by atoms with Gasteiger partial charge in [-0.2, -0.15) is 0 Å². The fourth-order valence-corrected chi connectivity index (χ4v) is 2.27. The van der Waals surface area contributed by atoms with E-state index in [1.807, 2.05) is 13.0 Å². The fraction of sp³-hybridized carbons (Fsp3) is 0.333. The van der Waals surface area contributed by atoms with Gasteiger partial charge in [-0.05, 0) is 13.0 Å². The SMILES string of the molecule is COc1cc(F)c(F)c(NC2C(F)=CC(C)=CC2C)c1. The molecule has 0 fully saturated rings. The Bertz CT molecular complexity index is 581. The van der Waals surface area contributed by atoms with Gasteiger partial charge in [0.1, 0.15) is 11.6 Å². The third-order valence-electron chi connectivity index (χ3n) is 3.26. The van der Waals surface area contributed by atoms with Gasteiger partial charge in [-0.3, -0.25) is 0 Å². The van der Waals surface area contributed by atoms with E-state index in [9.17, 15) is 13.2 Å². The molecular formula is C15H16F3NO. The van der Waals surface area contributed by atoms with Crippen LogP contribution in [0.4, 0.5) is 18.9 Å². The molecule has 0 radical (unpaired) electrons. The van der Waals surface area contributed by atoms with Crippen LogP contribution in [0.25, 0.3) is 0 Å². The molecule has 0 aromatic heterocycles. The minimum atomic E-state index is -1.04. The summed E-state index contributed by atoms with van der Waals surface area (Å²) in [6.07, 6.45) is 3.25. The molecule has 0 saturated heterocycles. The first-order valence-corrected chi connectivity index (χ1v) is 6.27. The zero-order valence-corrected chi connectivity index (χ0v) is 11.5. The maximum absolute atomic E-state index is 14.0. The quantitative estimate of drug-likeness (QED) is 0.897. The van der Waals surface area contributed by atoms with E-state index in [0.29, 0.717) is 0 Å². The lowest BCUT2D eigenvalue weighted by molar-refractivity contribution is 0.406. The highest BCUT2D eigenvalue weighted by Crippen LogP contribution is 2.30. The number of hydrogen-bond acceptors (Lipinski definition) is 2. The van der Waals surface area contributed by atoms with Crippen LogP contribution in [0.3, 0.4) is 0 Å².